The molecule has 0 bridgehead atoms. The van der Waals surface area contributed by atoms with Gasteiger partial charge in [0.15, 0.2) is 11.2 Å². The first-order valence-electron chi connectivity index (χ1n) is 6.63. The SMILES string of the molecule is CCCCCOc1cccc2oc(C(N)=S)cc(=O)c12. The number of benzene rings is 1. The maximum atomic E-state index is 12.2. The molecule has 0 radical (unpaired) electrons. The van der Waals surface area contributed by atoms with Gasteiger partial charge in [0.1, 0.15) is 21.7 Å². The van der Waals surface area contributed by atoms with Crippen molar-refractivity contribution in [3.8, 4) is 5.75 Å². The summed E-state index contributed by atoms with van der Waals surface area (Å²) in [6, 6.07) is 6.57. The maximum Gasteiger partial charge on any atom is 0.197 e. The summed E-state index contributed by atoms with van der Waals surface area (Å²) in [5, 5.41) is 0.434. The van der Waals surface area contributed by atoms with Gasteiger partial charge in [-0.25, -0.2) is 0 Å². The normalized spacial score (nSPS) is 10.7. The molecular formula is C15H17NO3S. The minimum Gasteiger partial charge on any atom is -0.493 e. The van der Waals surface area contributed by atoms with E-state index >= 15 is 0 Å². The number of unbranched alkanes of at least 4 members (excludes halogenated alkanes) is 2. The van der Waals surface area contributed by atoms with Crippen LogP contribution in [0.5, 0.6) is 5.75 Å². The third kappa shape index (κ3) is 3.17. The monoisotopic (exact) mass is 291 g/mol. The molecule has 0 aliphatic heterocycles. The number of hydrogen-bond donors (Lipinski definition) is 1. The molecule has 0 saturated carbocycles. The Kier molecular flexibility index (Phi) is 4.74. The predicted octanol–water partition coefficient (Wildman–Crippen LogP) is 3.00. The average Bonchev–Trinajstić information content (AvgIpc) is 2.43. The third-order valence-electron chi connectivity index (χ3n) is 2.96. The summed E-state index contributed by atoms with van der Waals surface area (Å²) >= 11 is 4.83. The standard InChI is InChI=1S/C15H17NO3S/c1-2-3-4-8-18-11-6-5-7-12-14(11)10(17)9-13(19-12)15(16)20/h5-7,9H,2-4,8H2,1H3,(H2,16,20). The molecule has 0 atom stereocenters. The van der Waals surface area contributed by atoms with Crippen LogP contribution in [-0.2, 0) is 0 Å². The summed E-state index contributed by atoms with van der Waals surface area (Å²) in [5.41, 5.74) is 5.74. The summed E-state index contributed by atoms with van der Waals surface area (Å²) < 4.78 is 11.2. The molecule has 2 aromatic rings. The van der Waals surface area contributed by atoms with Gasteiger partial charge in [-0.05, 0) is 18.6 Å². The lowest BCUT2D eigenvalue weighted by Gasteiger charge is -2.08. The van der Waals surface area contributed by atoms with Crippen molar-refractivity contribution in [2.24, 2.45) is 5.73 Å². The van der Waals surface area contributed by atoms with Crippen molar-refractivity contribution < 1.29 is 9.15 Å². The van der Waals surface area contributed by atoms with Gasteiger partial charge in [-0.15, -0.1) is 0 Å². The van der Waals surface area contributed by atoms with Crippen molar-refractivity contribution in [1.29, 1.82) is 0 Å². The average molecular weight is 291 g/mol. The van der Waals surface area contributed by atoms with E-state index in [0.29, 0.717) is 23.3 Å². The molecule has 4 nitrogen and oxygen atoms in total. The van der Waals surface area contributed by atoms with E-state index in [1.165, 1.54) is 6.07 Å². The second-order valence-electron chi connectivity index (χ2n) is 4.52. The highest BCUT2D eigenvalue weighted by molar-refractivity contribution is 7.80. The van der Waals surface area contributed by atoms with Crippen LogP contribution in [0.15, 0.2) is 33.5 Å². The Hall–Kier alpha value is -1.88. The van der Waals surface area contributed by atoms with E-state index in [0.717, 1.165) is 19.3 Å². The summed E-state index contributed by atoms with van der Waals surface area (Å²) in [6.45, 7) is 2.72. The van der Waals surface area contributed by atoms with E-state index in [4.69, 9.17) is 27.1 Å². The number of fused-ring (bicyclic) bond motifs is 1. The summed E-state index contributed by atoms with van der Waals surface area (Å²) in [4.78, 5) is 12.2. The third-order valence-corrected chi connectivity index (χ3v) is 3.17. The van der Waals surface area contributed by atoms with E-state index in [1.54, 1.807) is 18.2 Å². The predicted molar refractivity (Wildman–Crippen MR) is 83.4 cm³/mol. The van der Waals surface area contributed by atoms with E-state index in [9.17, 15) is 4.79 Å². The Morgan fingerprint density at radius 2 is 2.20 bits per heavy atom. The molecule has 0 fully saturated rings. The fraction of sp³-hybridized carbons (Fsp3) is 0.333. The molecule has 20 heavy (non-hydrogen) atoms. The van der Waals surface area contributed by atoms with Crippen LogP contribution in [0.1, 0.15) is 31.9 Å². The second kappa shape index (κ2) is 6.52. The van der Waals surface area contributed by atoms with Crippen molar-refractivity contribution in [2.45, 2.75) is 26.2 Å². The van der Waals surface area contributed by atoms with Gasteiger partial charge >= 0.3 is 0 Å². The first kappa shape index (κ1) is 14.5. The van der Waals surface area contributed by atoms with Gasteiger partial charge in [-0.1, -0.05) is 38.0 Å². The molecule has 1 heterocycles. The molecule has 0 saturated heterocycles. The maximum absolute atomic E-state index is 12.2. The van der Waals surface area contributed by atoms with Gasteiger partial charge in [-0.3, -0.25) is 4.79 Å². The Labute approximate surface area is 122 Å². The quantitative estimate of drug-likeness (QED) is 0.654. The molecule has 5 heteroatoms. The molecule has 2 N–H and O–H groups in total. The molecule has 2 rings (SSSR count). The minimum absolute atomic E-state index is 0.0678. The first-order valence-corrected chi connectivity index (χ1v) is 7.03. The number of nitrogens with two attached hydrogens (primary N) is 1. The molecular weight excluding hydrogens is 274 g/mol. The van der Waals surface area contributed by atoms with Gasteiger partial charge in [-0.2, -0.15) is 0 Å². The lowest BCUT2D eigenvalue weighted by atomic mass is 10.2. The van der Waals surface area contributed by atoms with Crippen LogP contribution in [-0.4, -0.2) is 11.6 Å². The van der Waals surface area contributed by atoms with Gasteiger partial charge in [0.25, 0.3) is 0 Å². The highest BCUT2D eigenvalue weighted by Gasteiger charge is 2.11. The van der Waals surface area contributed by atoms with Crippen LogP contribution in [0.25, 0.3) is 11.0 Å². The molecule has 0 aliphatic carbocycles. The smallest absolute Gasteiger partial charge is 0.197 e. The van der Waals surface area contributed by atoms with Gasteiger partial charge in [0.2, 0.25) is 0 Å². The number of thiocarbonyl (C=S) groups is 1. The van der Waals surface area contributed by atoms with Crippen LogP contribution in [0.2, 0.25) is 0 Å². The fourth-order valence-corrected chi connectivity index (χ4v) is 2.05. The molecule has 106 valence electrons. The van der Waals surface area contributed by atoms with E-state index < -0.39 is 0 Å². The van der Waals surface area contributed by atoms with Crippen molar-refractivity contribution in [3.63, 3.8) is 0 Å². The number of hydrogen-bond acceptors (Lipinski definition) is 4. The number of ether oxygens (including phenoxy) is 1. The molecule has 0 unspecified atom stereocenters. The topological polar surface area (TPSA) is 65.5 Å². The molecule has 0 amide bonds. The van der Waals surface area contributed by atoms with Gasteiger partial charge < -0.3 is 14.9 Å². The van der Waals surface area contributed by atoms with Crippen LogP contribution in [0, 0.1) is 0 Å². The minimum atomic E-state index is -0.194. The summed E-state index contributed by atoms with van der Waals surface area (Å²) in [7, 11) is 0. The van der Waals surface area contributed by atoms with Crippen molar-refractivity contribution >= 4 is 28.2 Å². The largest absolute Gasteiger partial charge is 0.493 e. The van der Waals surface area contributed by atoms with Gasteiger partial charge in [0, 0.05) is 6.07 Å². The first-order chi connectivity index (χ1) is 9.63. The molecule has 1 aromatic carbocycles. The fourth-order valence-electron chi connectivity index (χ4n) is 1.95. The van der Waals surface area contributed by atoms with Crippen molar-refractivity contribution in [2.75, 3.05) is 6.61 Å². The zero-order chi connectivity index (χ0) is 14.5. The zero-order valence-corrected chi connectivity index (χ0v) is 12.2. The van der Waals surface area contributed by atoms with Crippen LogP contribution >= 0.6 is 12.2 Å². The molecule has 0 aliphatic rings. The highest BCUT2D eigenvalue weighted by Crippen LogP contribution is 2.23. The van der Waals surface area contributed by atoms with Crippen LogP contribution < -0.4 is 15.9 Å². The van der Waals surface area contributed by atoms with E-state index in [2.05, 4.69) is 6.92 Å². The zero-order valence-electron chi connectivity index (χ0n) is 11.3. The summed E-state index contributed by atoms with van der Waals surface area (Å²) in [5.74, 6) is 0.766. The lowest BCUT2D eigenvalue weighted by Crippen LogP contribution is -2.14. The highest BCUT2D eigenvalue weighted by atomic mass is 32.1. The van der Waals surface area contributed by atoms with Crippen molar-refractivity contribution in [1.82, 2.24) is 0 Å². The molecule has 1 aromatic heterocycles. The van der Waals surface area contributed by atoms with E-state index in [1.807, 2.05) is 0 Å². The van der Waals surface area contributed by atoms with Crippen molar-refractivity contribution in [3.05, 3.63) is 40.2 Å². The Morgan fingerprint density at radius 1 is 1.40 bits per heavy atom. The second-order valence-corrected chi connectivity index (χ2v) is 4.96. The van der Waals surface area contributed by atoms with E-state index in [-0.39, 0.29) is 16.2 Å². The molecule has 0 spiro atoms. The Morgan fingerprint density at radius 3 is 2.90 bits per heavy atom. The van der Waals surface area contributed by atoms with Crippen LogP contribution in [0.4, 0.5) is 0 Å². The summed E-state index contributed by atoms with van der Waals surface area (Å²) in [6.07, 6.45) is 3.19. The van der Waals surface area contributed by atoms with Crippen LogP contribution in [0.3, 0.4) is 0 Å². The van der Waals surface area contributed by atoms with Gasteiger partial charge in [0.05, 0.1) is 6.61 Å². The number of rotatable bonds is 6. The Bertz CT molecular complexity index is 678. The Balaban J connectivity index is 2.37. The lowest BCUT2D eigenvalue weighted by molar-refractivity contribution is 0.309.